The van der Waals surface area contributed by atoms with Crippen LogP contribution in [0, 0.1) is 17.2 Å². The van der Waals surface area contributed by atoms with Gasteiger partial charge in [-0.05, 0) is 54.8 Å². The van der Waals surface area contributed by atoms with E-state index in [1.165, 1.54) is 0 Å². The topological polar surface area (TPSA) is 91.2 Å². The SMILES string of the molecule is CCOc1ccc(C(=O)NC(C(=O)Nc2ccc(CC#N)cc2)C(C)C)cc1. The Labute approximate surface area is 165 Å². The highest BCUT2D eigenvalue weighted by molar-refractivity contribution is 6.01. The second kappa shape index (κ2) is 10.1. The monoisotopic (exact) mass is 379 g/mol. The van der Waals surface area contributed by atoms with Gasteiger partial charge in [-0.2, -0.15) is 5.26 Å². The van der Waals surface area contributed by atoms with Crippen molar-refractivity contribution in [2.24, 2.45) is 5.92 Å². The molecule has 1 atom stereocenters. The van der Waals surface area contributed by atoms with Gasteiger partial charge in [0.1, 0.15) is 11.8 Å². The van der Waals surface area contributed by atoms with Crippen LogP contribution in [0.1, 0.15) is 36.7 Å². The summed E-state index contributed by atoms with van der Waals surface area (Å²) >= 11 is 0. The van der Waals surface area contributed by atoms with E-state index in [2.05, 4.69) is 16.7 Å². The molecule has 0 saturated carbocycles. The summed E-state index contributed by atoms with van der Waals surface area (Å²) in [5.74, 6) is -0.00913. The van der Waals surface area contributed by atoms with E-state index in [1.54, 1.807) is 48.5 Å². The van der Waals surface area contributed by atoms with Gasteiger partial charge in [0, 0.05) is 11.3 Å². The zero-order valence-electron chi connectivity index (χ0n) is 16.4. The second-order valence-electron chi connectivity index (χ2n) is 6.67. The Bertz CT molecular complexity index is 837. The van der Waals surface area contributed by atoms with Gasteiger partial charge in [0.05, 0.1) is 19.1 Å². The van der Waals surface area contributed by atoms with Crippen molar-refractivity contribution in [3.63, 3.8) is 0 Å². The summed E-state index contributed by atoms with van der Waals surface area (Å²) in [7, 11) is 0. The molecule has 0 heterocycles. The molecular weight excluding hydrogens is 354 g/mol. The molecule has 2 amide bonds. The quantitative estimate of drug-likeness (QED) is 0.734. The van der Waals surface area contributed by atoms with Crippen LogP contribution in [0.3, 0.4) is 0 Å². The van der Waals surface area contributed by atoms with Gasteiger partial charge in [-0.1, -0.05) is 26.0 Å². The number of benzene rings is 2. The van der Waals surface area contributed by atoms with Gasteiger partial charge in [-0.15, -0.1) is 0 Å². The molecule has 2 N–H and O–H groups in total. The number of carbonyl (C=O) groups excluding carboxylic acids is 2. The zero-order valence-corrected chi connectivity index (χ0v) is 16.4. The average molecular weight is 379 g/mol. The third-order valence-corrected chi connectivity index (χ3v) is 4.17. The van der Waals surface area contributed by atoms with Crippen molar-refractivity contribution in [2.75, 3.05) is 11.9 Å². The standard InChI is InChI=1S/C22H25N3O3/c1-4-28-19-11-7-17(8-12-19)21(26)25-20(15(2)3)22(27)24-18-9-5-16(6-10-18)13-14-23/h5-12,15,20H,4,13H2,1-3H3,(H,24,27)(H,25,26). The summed E-state index contributed by atoms with van der Waals surface area (Å²) in [6.07, 6.45) is 0.320. The number of nitriles is 1. The maximum atomic E-state index is 12.7. The number of anilines is 1. The molecule has 6 heteroatoms. The molecule has 0 saturated heterocycles. The Morgan fingerprint density at radius 2 is 1.71 bits per heavy atom. The molecule has 6 nitrogen and oxygen atoms in total. The van der Waals surface area contributed by atoms with Crippen molar-refractivity contribution < 1.29 is 14.3 Å². The molecule has 1 unspecified atom stereocenters. The Balaban J connectivity index is 2.04. The fourth-order valence-electron chi connectivity index (χ4n) is 2.65. The van der Waals surface area contributed by atoms with Crippen molar-refractivity contribution in [1.82, 2.24) is 5.32 Å². The Morgan fingerprint density at radius 3 is 2.25 bits per heavy atom. The lowest BCUT2D eigenvalue weighted by molar-refractivity contribution is -0.118. The highest BCUT2D eigenvalue weighted by atomic mass is 16.5. The molecule has 0 aliphatic rings. The summed E-state index contributed by atoms with van der Waals surface area (Å²) in [6.45, 7) is 6.19. The minimum atomic E-state index is -0.683. The first-order valence-electron chi connectivity index (χ1n) is 9.25. The van der Waals surface area contributed by atoms with Crippen LogP contribution in [0.4, 0.5) is 5.69 Å². The molecule has 0 aromatic heterocycles. The largest absolute Gasteiger partial charge is 0.494 e. The Morgan fingerprint density at radius 1 is 1.07 bits per heavy atom. The second-order valence-corrected chi connectivity index (χ2v) is 6.67. The number of ether oxygens (including phenoxy) is 1. The third kappa shape index (κ3) is 5.85. The molecule has 2 aromatic carbocycles. The van der Waals surface area contributed by atoms with Gasteiger partial charge in [0.2, 0.25) is 5.91 Å². The molecule has 2 rings (SSSR count). The van der Waals surface area contributed by atoms with Crippen molar-refractivity contribution in [3.05, 3.63) is 59.7 Å². The van der Waals surface area contributed by atoms with Crippen LogP contribution >= 0.6 is 0 Å². The van der Waals surface area contributed by atoms with Gasteiger partial charge in [-0.25, -0.2) is 0 Å². The molecule has 0 aliphatic heterocycles. The van der Waals surface area contributed by atoms with Crippen molar-refractivity contribution in [1.29, 1.82) is 5.26 Å². The van der Waals surface area contributed by atoms with Gasteiger partial charge >= 0.3 is 0 Å². The van der Waals surface area contributed by atoms with E-state index < -0.39 is 6.04 Å². The number of hydrogen-bond donors (Lipinski definition) is 2. The number of hydrogen-bond acceptors (Lipinski definition) is 4. The van der Waals surface area contributed by atoms with Gasteiger partial charge in [0.25, 0.3) is 5.91 Å². The lowest BCUT2D eigenvalue weighted by Gasteiger charge is -2.22. The highest BCUT2D eigenvalue weighted by Gasteiger charge is 2.24. The normalized spacial score (nSPS) is 11.4. The smallest absolute Gasteiger partial charge is 0.251 e. The molecule has 0 fully saturated rings. The van der Waals surface area contributed by atoms with E-state index in [0.29, 0.717) is 30.0 Å². The molecule has 0 spiro atoms. The van der Waals surface area contributed by atoms with E-state index in [1.807, 2.05) is 20.8 Å². The first-order valence-corrected chi connectivity index (χ1v) is 9.25. The van der Waals surface area contributed by atoms with Crippen LogP contribution in [-0.2, 0) is 11.2 Å². The molecular formula is C22H25N3O3. The summed E-state index contributed by atoms with van der Waals surface area (Å²) in [5, 5.41) is 14.3. The lowest BCUT2D eigenvalue weighted by atomic mass is 10.0. The fourth-order valence-corrected chi connectivity index (χ4v) is 2.65. The number of amides is 2. The van der Waals surface area contributed by atoms with Crippen LogP contribution < -0.4 is 15.4 Å². The van der Waals surface area contributed by atoms with E-state index in [0.717, 1.165) is 5.56 Å². The molecule has 0 radical (unpaired) electrons. The predicted molar refractivity (Wildman–Crippen MR) is 108 cm³/mol. The molecule has 146 valence electrons. The minimum Gasteiger partial charge on any atom is -0.494 e. The van der Waals surface area contributed by atoms with Crippen LogP contribution in [0.2, 0.25) is 0 Å². The fraction of sp³-hybridized carbons (Fsp3) is 0.318. The molecule has 28 heavy (non-hydrogen) atoms. The van der Waals surface area contributed by atoms with Crippen molar-refractivity contribution in [3.8, 4) is 11.8 Å². The Kier molecular flexibility index (Phi) is 7.58. The first-order chi connectivity index (χ1) is 13.4. The predicted octanol–water partition coefficient (Wildman–Crippen LogP) is 3.54. The highest BCUT2D eigenvalue weighted by Crippen LogP contribution is 2.15. The maximum Gasteiger partial charge on any atom is 0.251 e. The van der Waals surface area contributed by atoms with Crippen LogP contribution in [0.25, 0.3) is 0 Å². The van der Waals surface area contributed by atoms with E-state index >= 15 is 0 Å². The Hall–Kier alpha value is -3.33. The number of nitrogens with one attached hydrogen (secondary N) is 2. The summed E-state index contributed by atoms with van der Waals surface area (Å²) in [4.78, 5) is 25.2. The maximum absolute atomic E-state index is 12.7. The van der Waals surface area contributed by atoms with E-state index in [4.69, 9.17) is 10.00 Å². The molecule has 0 aliphatic carbocycles. The van der Waals surface area contributed by atoms with Crippen molar-refractivity contribution in [2.45, 2.75) is 33.2 Å². The minimum absolute atomic E-state index is 0.0930. The zero-order chi connectivity index (χ0) is 20.5. The van der Waals surface area contributed by atoms with Crippen LogP contribution in [0.5, 0.6) is 5.75 Å². The number of carbonyl (C=O) groups is 2. The van der Waals surface area contributed by atoms with Gasteiger partial charge in [0.15, 0.2) is 0 Å². The molecule has 2 aromatic rings. The summed E-state index contributed by atoms with van der Waals surface area (Å²) < 4.78 is 5.37. The number of rotatable bonds is 8. The van der Waals surface area contributed by atoms with Gasteiger partial charge in [-0.3, -0.25) is 9.59 Å². The van der Waals surface area contributed by atoms with E-state index in [-0.39, 0.29) is 17.7 Å². The summed E-state index contributed by atoms with van der Waals surface area (Å²) in [6, 6.07) is 15.3. The third-order valence-electron chi connectivity index (χ3n) is 4.17. The van der Waals surface area contributed by atoms with Crippen LogP contribution in [0.15, 0.2) is 48.5 Å². The number of nitrogens with zero attached hydrogens (tertiary/aromatic N) is 1. The van der Waals surface area contributed by atoms with Crippen molar-refractivity contribution >= 4 is 17.5 Å². The molecule has 0 bridgehead atoms. The van der Waals surface area contributed by atoms with Crippen LogP contribution in [-0.4, -0.2) is 24.5 Å². The summed E-state index contributed by atoms with van der Waals surface area (Å²) in [5.41, 5.74) is 1.96. The lowest BCUT2D eigenvalue weighted by Crippen LogP contribution is -2.47. The average Bonchev–Trinajstić information content (AvgIpc) is 2.68. The van der Waals surface area contributed by atoms with E-state index in [9.17, 15) is 9.59 Å². The first kappa shape index (κ1) is 21.0. The van der Waals surface area contributed by atoms with Gasteiger partial charge < -0.3 is 15.4 Å².